The number of Topliss-reactive ketones (excluding diaryl/α,β-unsaturated/α-hetero) is 1. The highest BCUT2D eigenvalue weighted by Crippen LogP contribution is 2.24. The highest BCUT2D eigenvalue weighted by Gasteiger charge is 2.16. The molecule has 0 aliphatic rings. The normalized spacial score (nSPS) is 10.3. The molecule has 0 saturated heterocycles. The van der Waals surface area contributed by atoms with E-state index in [4.69, 9.17) is 14.2 Å². The number of hydrogen-bond acceptors (Lipinski definition) is 6. The van der Waals surface area contributed by atoms with Crippen LogP contribution in [0.25, 0.3) is 0 Å². The van der Waals surface area contributed by atoms with Crippen molar-refractivity contribution < 1.29 is 28.6 Å². The molecule has 126 valence electrons. The number of hydrogen-bond donors (Lipinski definition) is 0. The number of methoxy groups -OCH3 is 1. The van der Waals surface area contributed by atoms with Gasteiger partial charge in [0.15, 0.2) is 12.4 Å². The van der Waals surface area contributed by atoms with Crippen LogP contribution in [0.3, 0.4) is 0 Å². The maximum absolute atomic E-state index is 12.2. The van der Waals surface area contributed by atoms with E-state index in [1.165, 1.54) is 7.11 Å². The van der Waals surface area contributed by atoms with E-state index < -0.39 is 18.5 Å². The molecule has 1 aromatic carbocycles. The average molecular weight is 387 g/mol. The molecule has 0 aliphatic heterocycles. The molecular weight excluding hydrogens is 368 g/mol. The summed E-state index contributed by atoms with van der Waals surface area (Å²) in [6.45, 7) is 2.94. The maximum atomic E-state index is 12.2. The van der Waals surface area contributed by atoms with Crippen molar-refractivity contribution in [3.8, 4) is 5.75 Å². The zero-order valence-corrected chi connectivity index (χ0v) is 14.8. The van der Waals surface area contributed by atoms with Gasteiger partial charge in [-0.1, -0.05) is 15.9 Å². The van der Waals surface area contributed by atoms with Gasteiger partial charge in [0.1, 0.15) is 5.75 Å². The summed E-state index contributed by atoms with van der Waals surface area (Å²) in [6, 6.07) is 5.05. The molecule has 0 bridgehead atoms. The van der Waals surface area contributed by atoms with Crippen molar-refractivity contribution in [3.05, 3.63) is 28.2 Å². The van der Waals surface area contributed by atoms with Crippen LogP contribution in [-0.2, 0) is 19.1 Å². The summed E-state index contributed by atoms with van der Waals surface area (Å²) in [7, 11) is 1.47. The van der Waals surface area contributed by atoms with Crippen molar-refractivity contribution in [1.82, 2.24) is 0 Å². The zero-order valence-electron chi connectivity index (χ0n) is 13.3. The molecule has 0 aromatic heterocycles. The molecule has 0 N–H and O–H groups in total. The molecule has 0 saturated carbocycles. The Hall–Kier alpha value is -1.89. The number of benzene rings is 1. The zero-order chi connectivity index (χ0) is 17.4. The highest BCUT2D eigenvalue weighted by molar-refractivity contribution is 9.10. The SMILES string of the molecule is COc1ccc(Br)cc1C(=O)CCC(=O)OCC(=O)OC(C)C. The molecule has 0 aliphatic carbocycles. The van der Waals surface area contributed by atoms with Crippen LogP contribution in [0.2, 0.25) is 0 Å². The van der Waals surface area contributed by atoms with Crippen molar-refractivity contribution >= 4 is 33.7 Å². The van der Waals surface area contributed by atoms with Gasteiger partial charge in [-0.3, -0.25) is 9.59 Å². The fourth-order valence-electron chi connectivity index (χ4n) is 1.76. The van der Waals surface area contributed by atoms with Gasteiger partial charge in [-0.25, -0.2) is 4.79 Å². The summed E-state index contributed by atoms with van der Waals surface area (Å²) in [6.07, 6.45) is -0.430. The molecule has 6 nitrogen and oxygen atoms in total. The van der Waals surface area contributed by atoms with E-state index in [9.17, 15) is 14.4 Å². The lowest BCUT2D eigenvalue weighted by Crippen LogP contribution is -2.20. The van der Waals surface area contributed by atoms with Crippen LogP contribution in [-0.4, -0.2) is 37.5 Å². The summed E-state index contributed by atoms with van der Waals surface area (Å²) >= 11 is 3.28. The third kappa shape index (κ3) is 6.81. The Morgan fingerprint density at radius 2 is 1.83 bits per heavy atom. The average Bonchev–Trinajstić information content (AvgIpc) is 2.49. The van der Waals surface area contributed by atoms with Crippen molar-refractivity contribution in [2.24, 2.45) is 0 Å². The molecule has 7 heteroatoms. The van der Waals surface area contributed by atoms with Crippen molar-refractivity contribution in [2.45, 2.75) is 32.8 Å². The van der Waals surface area contributed by atoms with Crippen LogP contribution in [0.4, 0.5) is 0 Å². The second-order valence-electron chi connectivity index (χ2n) is 4.97. The van der Waals surface area contributed by atoms with E-state index in [0.717, 1.165) is 4.47 Å². The topological polar surface area (TPSA) is 78.9 Å². The number of ketones is 1. The van der Waals surface area contributed by atoms with Crippen molar-refractivity contribution in [3.63, 3.8) is 0 Å². The van der Waals surface area contributed by atoms with Gasteiger partial charge in [-0.15, -0.1) is 0 Å². The lowest BCUT2D eigenvalue weighted by molar-refractivity contribution is -0.161. The Morgan fingerprint density at radius 1 is 1.13 bits per heavy atom. The van der Waals surface area contributed by atoms with Gasteiger partial charge in [0.25, 0.3) is 0 Å². The van der Waals surface area contributed by atoms with Gasteiger partial charge < -0.3 is 14.2 Å². The highest BCUT2D eigenvalue weighted by atomic mass is 79.9. The van der Waals surface area contributed by atoms with Gasteiger partial charge in [0.05, 0.1) is 25.2 Å². The summed E-state index contributed by atoms with van der Waals surface area (Å²) in [4.78, 5) is 35.0. The molecular formula is C16H19BrO6. The minimum absolute atomic E-state index is 0.0368. The van der Waals surface area contributed by atoms with Crippen LogP contribution in [0, 0.1) is 0 Å². The second kappa shape index (κ2) is 9.29. The number of rotatable bonds is 8. The number of halogens is 1. The molecule has 0 unspecified atom stereocenters. The Kier molecular flexibility index (Phi) is 7.74. The first kappa shape index (κ1) is 19.2. The van der Waals surface area contributed by atoms with Crippen molar-refractivity contribution in [1.29, 1.82) is 0 Å². The Balaban J connectivity index is 2.48. The summed E-state index contributed by atoms with van der Waals surface area (Å²) in [5, 5.41) is 0. The van der Waals surface area contributed by atoms with E-state index in [1.54, 1.807) is 32.0 Å². The fraction of sp³-hybridized carbons (Fsp3) is 0.438. The maximum Gasteiger partial charge on any atom is 0.344 e. The lowest BCUT2D eigenvalue weighted by atomic mass is 10.1. The van der Waals surface area contributed by atoms with Gasteiger partial charge in [0, 0.05) is 10.9 Å². The fourth-order valence-corrected chi connectivity index (χ4v) is 2.12. The molecule has 0 amide bonds. The molecule has 0 atom stereocenters. The van der Waals surface area contributed by atoms with Crippen LogP contribution >= 0.6 is 15.9 Å². The predicted octanol–water partition coefficient (Wildman–Crippen LogP) is 2.92. The summed E-state index contributed by atoms with van der Waals surface area (Å²) in [5.74, 6) is -1.06. The van der Waals surface area contributed by atoms with E-state index >= 15 is 0 Å². The van der Waals surface area contributed by atoms with Gasteiger partial charge in [0.2, 0.25) is 0 Å². The molecule has 0 radical (unpaired) electrons. The molecule has 1 rings (SSSR count). The first-order valence-electron chi connectivity index (χ1n) is 7.05. The molecule has 0 heterocycles. The van der Waals surface area contributed by atoms with Crippen LogP contribution in [0.5, 0.6) is 5.75 Å². The van der Waals surface area contributed by atoms with Gasteiger partial charge in [-0.2, -0.15) is 0 Å². The molecule has 0 fully saturated rings. The number of carbonyl (C=O) groups excluding carboxylic acids is 3. The molecule has 0 spiro atoms. The standard InChI is InChI=1S/C16H19BrO6/c1-10(2)23-16(20)9-22-15(19)7-5-13(18)12-8-11(17)4-6-14(12)21-3/h4,6,8,10H,5,7,9H2,1-3H3. The first-order valence-corrected chi connectivity index (χ1v) is 7.84. The van der Waals surface area contributed by atoms with Crippen molar-refractivity contribution in [2.75, 3.05) is 13.7 Å². The summed E-state index contributed by atoms with van der Waals surface area (Å²) < 4.78 is 15.5. The molecule has 1 aromatic rings. The minimum Gasteiger partial charge on any atom is -0.496 e. The smallest absolute Gasteiger partial charge is 0.344 e. The van der Waals surface area contributed by atoms with E-state index in [0.29, 0.717) is 11.3 Å². The third-order valence-electron chi connectivity index (χ3n) is 2.74. The monoisotopic (exact) mass is 386 g/mol. The summed E-state index contributed by atoms with van der Waals surface area (Å²) in [5.41, 5.74) is 0.383. The third-order valence-corrected chi connectivity index (χ3v) is 3.23. The quantitative estimate of drug-likeness (QED) is 0.504. The number of ether oxygens (including phenoxy) is 3. The molecule has 23 heavy (non-hydrogen) atoms. The van der Waals surface area contributed by atoms with E-state index in [1.807, 2.05) is 0 Å². The van der Waals surface area contributed by atoms with Gasteiger partial charge in [-0.05, 0) is 32.0 Å². The van der Waals surface area contributed by atoms with E-state index in [-0.39, 0.29) is 24.7 Å². The van der Waals surface area contributed by atoms with Gasteiger partial charge >= 0.3 is 11.9 Å². The van der Waals surface area contributed by atoms with Crippen LogP contribution < -0.4 is 4.74 Å². The largest absolute Gasteiger partial charge is 0.496 e. The Morgan fingerprint density at radius 3 is 2.43 bits per heavy atom. The Bertz CT molecular complexity index is 582. The van der Waals surface area contributed by atoms with Crippen LogP contribution in [0.15, 0.2) is 22.7 Å². The van der Waals surface area contributed by atoms with Crippen LogP contribution in [0.1, 0.15) is 37.0 Å². The second-order valence-corrected chi connectivity index (χ2v) is 5.88. The van der Waals surface area contributed by atoms with E-state index in [2.05, 4.69) is 15.9 Å². The predicted molar refractivity (Wildman–Crippen MR) is 86.4 cm³/mol. The Labute approximate surface area is 143 Å². The number of carbonyl (C=O) groups is 3. The lowest BCUT2D eigenvalue weighted by Gasteiger charge is -2.09. The minimum atomic E-state index is -0.631. The number of esters is 2. The first-order chi connectivity index (χ1) is 10.8.